The third kappa shape index (κ3) is 1.79. The van der Waals surface area contributed by atoms with E-state index in [4.69, 9.17) is 5.73 Å². The van der Waals surface area contributed by atoms with Gasteiger partial charge in [0.05, 0.1) is 12.2 Å². The number of hydrogen-bond acceptors (Lipinski definition) is 3. The van der Waals surface area contributed by atoms with Gasteiger partial charge >= 0.3 is 0 Å². The number of allylic oxidation sites excluding steroid dienone is 2. The topological polar surface area (TPSA) is 66.5 Å². The van der Waals surface area contributed by atoms with E-state index in [0.29, 0.717) is 11.8 Å². The third-order valence-electron chi connectivity index (χ3n) is 7.64. The minimum atomic E-state index is -0.351. The second-order valence-electron chi connectivity index (χ2n) is 8.63. The maximum atomic E-state index is 10.9. The molecule has 122 valence electrons. The van der Waals surface area contributed by atoms with E-state index in [2.05, 4.69) is 26.0 Å². The standard InChI is InChI=1S/C19H29NO2/c1-18-7-5-12(21)9-11(18)10-15(22)17-13-3-4-16(20)19(13,2)8-6-14(17)18/h5-7,11-13,15-17,21-22H,3-4,8-10,20H2,1-2H3/t11-,12-,13-,15-,16-,17-,18-,19-/m0/s1. The van der Waals surface area contributed by atoms with Crippen LogP contribution in [0.15, 0.2) is 23.8 Å². The molecule has 4 N–H and O–H groups in total. The average molecular weight is 303 g/mol. The normalized spacial score (nSPS) is 56.9. The van der Waals surface area contributed by atoms with Gasteiger partial charge in [-0.25, -0.2) is 0 Å². The molecule has 0 aliphatic heterocycles. The number of aliphatic hydroxyl groups is 2. The molecule has 3 heteroatoms. The summed E-state index contributed by atoms with van der Waals surface area (Å²) in [6.07, 6.45) is 10.8. The van der Waals surface area contributed by atoms with Crippen molar-refractivity contribution in [3.8, 4) is 0 Å². The van der Waals surface area contributed by atoms with Crippen molar-refractivity contribution in [1.29, 1.82) is 0 Å². The van der Waals surface area contributed by atoms with Crippen LogP contribution in [-0.4, -0.2) is 28.5 Å². The van der Waals surface area contributed by atoms with Crippen LogP contribution in [0.3, 0.4) is 0 Å². The molecule has 0 unspecified atom stereocenters. The lowest BCUT2D eigenvalue weighted by atomic mass is 9.49. The summed E-state index contributed by atoms with van der Waals surface area (Å²) in [7, 11) is 0. The van der Waals surface area contributed by atoms with Crippen LogP contribution in [0.25, 0.3) is 0 Å². The van der Waals surface area contributed by atoms with Gasteiger partial charge in [-0.05, 0) is 49.4 Å². The highest BCUT2D eigenvalue weighted by molar-refractivity contribution is 5.35. The Bertz CT molecular complexity index is 542. The lowest BCUT2D eigenvalue weighted by Crippen LogP contribution is -2.53. The van der Waals surface area contributed by atoms with Crippen LogP contribution >= 0.6 is 0 Å². The first-order valence-corrected chi connectivity index (χ1v) is 8.88. The van der Waals surface area contributed by atoms with Gasteiger partial charge in [0.2, 0.25) is 0 Å². The largest absolute Gasteiger partial charge is 0.392 e. The van der Waals surface area contributed by atoms with Crippen molar-refractivity contribution in [3.63, 3.8) is 0 Å². The van der Waals surface area contributed by atoms with Gasteiger partial charge in [0.25, 0.3) is 0 Å². The molecule has 0 aromatic rings. The van der Waals surface area contributed by atoms with Gasteiger partial charge in [0, 0.05) is 17.4 Å². The lowest BCUT2D eigenvalue weighted by molar-refractivity contribution is -0.0340. The Balaban J connectivity index is 1.78. The van der Waals surface area contributed by atoms with Crippen LogP contribution in [0.2, 0.25) is 0 Å². The van der Waals surface area contributed by atoms with E-state index < -0.39 is 0 Å². The molecular weight excluding hydrogens is 274 g/mol. The summed E-state index contributed by atoms with van der Waals surface area (Å²) in [6, 6.07) is 0.261. The first-order valence-electron chi connectivity index (χ1n) is 8.88. The monoisotopic (exact) mass is 303 g/mol. The molecule has 0 saturated heterocycles. The van der Waals surface area contributed by atoms with E-state index in [1.807, 2.05) is 6.08 Å². The zero-order valence-corrected chi connectivity index (χ0v) is 13.7. The molecule has 8 atom stereocenters. The summed E-state index contributed by atoms with van der Waals surface area (Å²) in [5.41, 5.74) is 8.00. The van der Waals surface area contributed by atoms with Gasteiger partial charge in [0.1, 0.15) is 0 Å². The molecule has 0 heterocycles. The Morgan fingerprint density at radius 2 is 1.95 bits per heavy atom. The number of aliphatic hydroxyl groups excluding tert-OH is 2. The Morgan fingerprint density at radius 1 is 1.18 bits per heavy atom. The Hall–Kier alpha value is -0.640. The van der Waals surface area contributed by atoms with Gasteiger partial charge in [-0.3, -0.25) is 0 Å². The SMILES string of the molecule is C[C@]12CC=C3[C@@H]([C@@H](O)C[C@@H]4C[C@@H](O)C=C[C@]34C)[C@@H]1CC[C@@H]2N. The molecule has 0 aromatic heterocycles. The Labute approximate surface area is 133 Å². The number of fused-ring (bicyclic) bond motifs is 5. The second kappa shape index (κ2) is 4.68. The Morgan fingerprint density at radius 3 is 2.73 bits per heavy atom. The summed E-state index contributed by atoms with van der Waals surface area (Å²) < 4.78 is 0. The van der Waals surface area contributed by atoms with E-state index >= 15 is 0 Å². The van der Waals surface area contributed by atoms with Gasteiger partial charge in [-0.15, -0.1) is 0 Å². The highest BCUT2D eigenvalue weighted by atomic mass is 16.3. The molecule has 0 radical (unpaired) electrons. The number of rotatable bonds is 0. The summed E-state index contributed by atoms with van der Waals surface area (Å²) in [6.45, 7) is 4.63. The van der Waals surface area contributed by atoms with Crippen molar-refractivity contribution < 1.29 is 10.2 Å². The number of hydrogen-bond donors (Lipinski definition) is 3. The van der Waals surface area contributed by atoms with E-state index in [1.54, 1.807) is 0 Å². The molecule has 4 aliphatic carbocycles. The average Bonchev–Trinajstić information content (AvgIpc) is 2.77. The first-order chi connectivity index (χ1) is 10.4. The van der Waals surface area contributed by atoms with Crippen LogP contribution in [0.4, 0.5) is 0 Å². The van der Waals surface area contributed by atoms with Crippen molar-refractivity contribution in [2.45, 2.75) is 64.2 Å². The summed E-state index contributed by atoms with van der Waals surface area (Å²) in [5.74, 6) is 1.12. The van der Waals surface area contributed by atoms with Crippen molar-refractivity contribution >= 4 is 0 Å². The molecule has 3 nitrogen and oxygen atoms in total. The Kier molecular flexibility index (Phi) is 3.18. The van der Waals surface area contributed by atoms with E-state index in [9.17, 15) is 10.2 Å². The highest BCUT2D eigenvalue weighted by Crippen LogP contribution is 2.62. The highest BCUT2D eigenvalue weighted by Gasteiger charge is 2.58. The zero-order valence-electron chi connectivity index (χ0n) is 13.7. The number of nitrogens with two attached hydrogens (primary N) is 1. The van der Waals surface area contributed by atoms with Gasteiger partial charge < -0.3 is 15.9 Å². The van der Waals surface area contributed by atoms with Crippen LogP contribution < -0.4 is 5.73 Å². The van der Waals surface area contributed by atoms with Gasteiger partial charge in [-0.2, -0.15) is 0 Å². The lowest BCUT2D eigenvalue weighted by Gasteiger charge is -2.56. The second-order valence-corrected chi connectivity index (χ2v) is 8.63. The molecule has 0 amide bonds. The van der Waals surface area contributed by atoms with Gasteiger partial charge in [0.15, 0.2) is 0 Å². The molecule has 4 rings (SSSR count). The van der Waals surface area contributed by atoms with Crippen LogP contribution in [-0.2, 0) is 0 Å². The van der Waals surface area contributed by atoms with Crippen molar-refractivity contribution in [2.24, 2.45) is 34.3 Å². The quantitative estimate of drug-likeness (QED) is 0.602. The van der Waals surface area contributed by atoms with Crippen LogP contribution in [0.1, 0.15) is 46.0 Å². The van der Waals surface area contributed by atoms with Crippen molar-refractivity contribution in [1.82, 2.24) is 0 Å². The molecule has 0 spiro atoms. The summed E-state index contributed by atoms with van der Waals surface area (Å²) >= 11 is 0. The first kappa shape index (κ1) is 14.9. The molecule has 2 fully saturated rings. The summed E-state index contributed by atoms with van der Waals surface area (Å²) in [5, 5.41) is 20.9. The predicted octanol–water partition coefficient (Wildman–Crippen LogP) is 2.38. The molecule has 0 bridgehead atoms. The van der Waals surface area contributed by atoms with Crippen LogP contribution in [0.5, 0.6) is 0 Å². The van der Waals surface area contributed by atoms with Crippen LogP contribution in [0, 0.1) is 28.6 Å². The third-order valence-corrected chi connectivity index (χ3v) is 7.64. The minimum Gasteiger partial charge on any atom is -0.392 e. The molecule has 2 saturated carbocycles. The molecule has 0 aromatic carbocycles. The summed E-state index contributed by atoms with van der Waals surface area (Å²) in [4.78, 5) is 0. The maximum absolute atomic E-state index is 10.9. The minimum absolute atomic E-state index is 0.0111. The fourth-order valence-electron chi connectivity index (χ4n) is 6.10. The van der Waals surface area contributed by atoms with E-state index in [-0.39, 0.29) is 35.0 Å². The van der Waals surface area contributed by atoms with E-state index in [0.717, 1.165) is 32.1 Å². The fourth-order valence-corrected chi connectivity index (χ4v) is 6.10. The molecule has 22 heavy (non-hydrogen) atoms. The molecule has 4 aliphatic rings. The molecular formula is C19H29NO2. The van der Waals surface area contributed by atoms with E-state index in [1.165, 1.54) is 5.57 Å². The van der Waals surface area contributed by atoms with Crippen molar-refractivity contribution in [3.05, 3.63) is 23.8 Å². The maximum Gasteiger partial charge on any atom is 0.0724 e. The van der Waals surface area contributed by atoms with Crippen molar-refractivity contribution in [2.75, 3.05) is 0 Å². The zero-order chi connectivity index (χ0) is 15.7. The smallest absolute Gasteiger partial charge is 0.0724 e. The fraction of sp³-hybridized carbons (Fsp3) is 0.789. The predicted molar refractivity (Wildman–Crippen MR) is 87.0 cm³/mol. The van der Waals surface area contributed by atoms with Gasteiger partial charge in [-0.1, -0.05) is 37.6 Å².